The Balaban J connectivity index is 1.80. The van der Waals surface area contributed by atoms with Crippen LogP contribution in [-0.2, 0) is 32.6 Å². The summed E-state index contributed by atoms with van der Waals surface area (Å²) in [5, 5.41) is 3.83. The van der Waals surface area contributed by atoms with Gasteiger partial charge < -0.3 is 10.2 Å². The third kappa shape index (κ3) is 8.40. The van der Waals surface area contributed by atoms with Crippen molar-refractivity contribution < 1.29 is 18.0 Å². The lowest BCUT2D eigenvalue weighted by Gasteiger charge is -2.34. The van der Waals surface area contributed by atoms with E-state index in [0.29, 0.717) is 23.0 Å². The lowest BCUT2D eigenvalue weighted by Crippen LogP contribution is -2.53. The number of rotatable bonds is 13. The summed E-state index contributed by atoms with van der Waals surface area (Å²) in [6.07, 6.45) is 0.948. The second-order valence-electron chi connectivity index (χ2n) is 10.4. The highest BCUT2D eigenvalue weighted by Crippen LogP contribution is 2.29. The molecule has 0 fully saturated rings. The van der Waals surface area contributed by atoms with E-state index in [1.54, 1.807) is 54.6 Å². The van der Waals surface area contributed by atoms with Crippen LogP contribution < -0.4 is 9.62 Å². The Morgan fingerprint density at radius 2 is 1.48 bits per heavy atom. The number of anilines is 1. The molecule has 4 rings (SSSR count). The average molecular weight is 653 g/mol. The highest BCUT2D eigenvalue weighted by molar-refractivity contribution is 7.92. The van der Waals surface area contributed by atoms with Crippen molar-refractivity contribution in [2.45, 2.75) is 44.2 Å². The first-order valence-corrected chi connectivity index (χ1v) is 16.5. The number of hydrogen-bond donors (Lipinski definition) is 1. The number of aryl methyl sites for hydroxylation is 1. The summed E-state index contributed by atoms with van der Waals surface area (Å²) in [4.78, 5) is 29.6. The summed E-state index contributed by atoms with van der Waals surface area (Å²) < 4.78 is 29.1. The van der Waals surface area contributed by atoms with Gasteiger partial charge in [-0.2, -0.15) is 0 Å². The minimum Gasteiger partial charge on any atom is -0.354 e. The molecular weight excluding hydrogens is 617 g/mol. The molecule has 0 heterocycles. The van der Waals surface area contributed by atoms with Gasteiger partial charge in [0.05, 0.1) is 10.6 Å². The Kier molecular flexibility index (Phi) is 11.4. The van der Waals surface area contributed by atoms with Crippen LogP contribution in [0.15, 0.2) is 108 Å². The maximum atomic E-state index is 14.4. The largest absolute Gasteiger partial charge is 0.354 e. The summed E-state index contributed by atoms with van der Waals surface area (Å²) in [5.74, 6) is -0.877. The van der Waals surface area contributed by atoms with Gasteiger partial charge >= 0.3 is 0 Å². The molecule has 1 atom stereocenters. The van der Waals surface area contributed by atoms with Gasteiger partial charge in [-0.05, 0) is 66.4 Å². The predicted octanol–water partition coefficient (Wildman–Crippen LogP) is 6.66. The van der Waals surface area contributed by atoms with Crippen molar-refractivity contribution in [2.24, 2.45) is 0 Å². The molecule has 10 heteroatoms. The summed E-state index contributed by atoms with van der Waals surface area (Å²) in [6.45, 7) is 3.69. The van der Waals surface area contributed by atoms with Crippen molar-refractivity contribution in [1.29, 1.82) is 0 Å². The Morgan fingerprint density at radius 1 is 0.841 bits per heavy atom. The molecule has 2 amide bonds. The zero-order valence-electron chi connectivity index (χ0n) is 24.6. The zero-order chi connectivity index (χ0) is 31.7. The molecule has 0 spiro atoms. The first-order chi connectivity index (χ1) is 21.1. The lowest BCUT2D eigenvalue weighted by atomic mass is 10.0. The Labute approximate surface area is 269 Å². The minimum absolute atomic E-state index is 0.0234. The van der Waals surface area contributed by atoms with Gasteiger partial charge in [-0.1, -0.05) is 96.9 Å². The molecule has 4 aromatic carbocycles. The Hall–Kier alpha value is -3.85. The van der Waals surface area contributed by atoms with E-state index >= 15 is 0 Å². The van der Waals surface area contributed by atoms with Gasteiger partial charge in [0.15, 0.2) is 0 Å². The third-order valence-corrected chi connectivity index (χ3v) is 9.59. The van der Waals surface area contributed by atoms with Gasteiger partial charge in [0.25, 0.3) is 10.0 Å². The summed E-state index contributed by atoms with van der Waals surface area (Å²) >= 11 is 12.6. The second-order valence-corrected chi connectivity index (χ2v) is 13.1. The molecule has 0 saturated heterocycles. The van der Waals surface area contributed by atoms with E-state index in [9.17, 15) is 18.0 Å². The summed E-state index contributed by atoms with van der Waals surface area (Å²) in [5.41, 5.74) is 2.59. The number of carbonyl (C=O) groups is 2. The van der Waals surface area contributed by atoms with E-state index in [2.05, 4.69) is 5.32 Å². The average Bonchev–Trinajstić information content (AvgIpc) is 3.03. The van der Waals surface area contributed by atoms with E-state index in [4.69, 9.17) is 23.2 Å². The monoisotopic (exact) mass is 651 g/mol. The fourth-order valence-corrected chi connectivity index (χ4v) is 6.42. The second kappa shape index (κ2) is 15.2. The van der Waals surface area contributed by atoms with Crippen molar-refractivity contribution in [1.82, 2.24) is 10.2 Å². The molecule has 0 aliphatic carbocycles. The zero-order valence-corrected chi connectivity index (χ0v) is 26.9. The molecule has 7 nitrogen and oxygen atoms in total. The van der Waals surface area contributed by atoms with Crippen LogP contribution in [0.1, 0.15) is 30.0 Å². The van der Waals surface area contributed by atoms with Crippen molar-refractivity contribution in [3.05, 3.63) is 130 Å². The standard InChI is InChI=1S/C34H35Cl2N3O4S/c1-3-20-37-34(41)32(21-26-10-6-4-7-11-26)38(23-27-15-17-28(35)18-16-27)33(40)24-39(29-19-14-25(2)31(36)22-29)44(42,43)30-12-8-5-9-13-30/h4-19,22,32H,3,20-21,23-24H2,1-2H3,(H,37,41)/t32-/m1/s1. The molecule has 0 aromatic heterocycles. The van der Waals surface area contributed by atoms with Crippen LogP contribution in [0.3, 0.4) is 0 Å². The Morgan fingerprint density at radius 3 is 2.09 bits per heavy atom. The summed E-state index contributed by atoms with van der Waals surface area (Å²) in [6, 6.07) is 28.2. The van der Waals surface area contributed by atoms with E-state index in [0.717, 1.165) is 21.0 Å². The van der Waals surface area contributed by atoms with E-state index in [-0.39, 0.29) is 29.5 Å². The molecule has 0 aliphatic heterocycles. The fraction of sp³-hybridized carbons (Fsp3) is 0.235. The molecule has 0 aliphatic rings. The molecule has 4 aromatic rings. The number of amides is 2. The van der Waals surface area contributed by atoms with Crippen LogP contribution in [0.4, 0.5) is 5.69 Å². The van der Waals surface area contributed by atoms with Crippen molar-refractivity contribution in [3.63, 3.8) is 0 Å². The molecule has 0 unspecified atom stereocenters. The highest BCUT2D eigenvalue weighted by atomic mass is 35.5. The number of nitrogens with zero attached hydrogens (tertiary/aromatic N) is 2. The van der Waals surface area contributed by atoms with Crippen molar-refractivity contribution in [2.75, 3.05) is 17.4 Å². The first kappa shape index (κ1) is 33.1. The van der Waals surface area contributed by atoms with Crippen LogP contribution in [0.2, 0.25) is 10.0 Å². The van der Waals surface area contributed by atoms with Gasteiger partial charge in [0, 0.05) is 29.6 Å². The van der Waals surface area contributed by atoms with Gasteiger partial charge in [-0.15, -0.1) is 0 Å². The van der Waals surface area contributed by atoms with Crippen molar-refractivity contribution >= 4 is 50.7 Å². The molecular formula is C34H35Cl2N3O4S. The molecule has 1 N–H and O–H groups in total. The maximum Gasteiger partial charge on any atom is 0.264 e. The Bertz CT molecular complexity index is 1670. The molecule has 44 heavy (non-hydrogen) atoms. The number of sulfonamides is 1. The van der Waals surface area contributed by atoms with Crippen molar-refractivity contribution in [3.8, 4) is 0 Å². The number of benzene rings is 4. The normalized spacial score (nSPS) is 11.9. The molecule has 0 bridgehead atoms. The lowest BCUT2D eigenvalue weighted by molar-refractivity contribution is -0.140. The number of halogens is 2. The topological polar surface area (TPSA) is 86.8 Å². The van der Waals surface area contributed by atoms with E-state index in [1.807, 2.05) is 44.2 Å². The van der Waals surface area contributed by atoms with Gasteiger partial charge in [0.1, 0.15) is 12.6 Å². The third-order valence-electron chi connectivity index (χ3n) is 7.14. The minimum atomic E-state index is -4.20. The van der Waals surface area contributed by atoms with Crippen LogP contribution in [0.25, 0.3) is 0 Å². The predicted molar refractivity (Wildman–Crippen MR) is 176 cm³/mol. The number of carbonyl (C=O) groups excluding carboxylic acids is 2. The quantitative estimate of drug-likeness (QED) is 0.175. The van der Waals surface area contributed by atoms with Gasteiger partial charge in [0.2, 0.25) is 11.8 Å². The van der Waals surface area contributed by atoms with Crippen LogP contribution in [-0.4, -0.2) is 44.3 Å². The molecule has 0 saturated carbocycles. The van der Waals surface area contributed by atoms with Crippen LogP contribution in [0, 0.1) is 6.92 Å². The smallest absolute Gasteiger partial charge is 0.264 e. The first-order valence-electron chi connectivity index (χ1n) is 14.3. The SMILES string of the molecule is CCCNC(=O)[C@@H](Cc1ccccc1)N(Cc1ccc(Cl)cc1)C(=O)CN(c1ccc(C)c(Cl)c1)S(=O)(=O)c1ccccc1. The maximum absolute atomic E-state index is 14.4. The number of nitrogens with one attached hydrogen (secondary N) is 1. The van der Waals surface area contributed by atoms with Gasteiger partial charge in [-0.3, -0.25) is 13.9 Å². The summed E-state index contributed by atoms with van der Waals surface area (Å²) in [7, 11) is -4.20. The number of hydrogen-bond acceptors (Lipinski definition) is 4. The fourth-order valence-electron chi connectivity index (χ4n) is 4.69. The molecule has 230 valence electrons. The van der Waals surface area contributed by atoms with Crippen LogP contribution in [0.5, 0.6) is 0 Å². The van der Waals surface area contributed by atoms with Crippen LogP contribution >= 0.6 is 23.2 Å². The van der Waals surface area contributed by atoms with E-state index in [1.165, 1.54) is 23.1 Å². The van der Waals surface area contributed by atoms with Gasteiger partial charge in [-0.25, -0.2) is 8.42 Å². The van der Waals surface area contributed by atoms with E-state index < -0.39 is 28.5 Å². The highest BCUT2D eigenvalue weighted by Gasteiger charge is 2.34. The molecule has 0 radical (unpaired) electrons.